The van der Waals surface area contributed by atoms with Gasteiger partial charge >= 0.3 is 0 Å². The summed E-state index contributed by atoms with van der Waals surface area (Å²) in [6.07, 6.45) is 8.86. The van der Waals surface area contributed by atoms with Gasteiger partial charge in [-0.15, -0.1) is 0 Å². The lowest BCUT2D eigenvalue weighted by Crippen LogP contribution is -2.45. The minimum atomic E-state index is 0.184. The standard InChI is InChI=1S/C16H22BrNO/c17-13-4-6-14(7-5-13)18-15-8-11-19-16(12-15)9-2-1-3-10-16/h4-7,15,18H,1-3,8-12H2. The average molecular weight is 324 g/mol. The molecule has 1 spiro atoms. The third-order valence-corrected chi connectivity index (χ3v) is 5.00. The van der Waals surface area contributed by atoms with E-state index in [4.69, 9.17) is 4.74 Å². The van der Waals surface area contributed by atoms with Crippen LogP contribution in [0, 0.1) is 0 Å². The van der Waals surface area contributed by atoms with Crippen molar-refractivity contribution < 1.29 is 4.74 Å². The van der Waals surface area contributed by atoms with Gasteiger partial charge in [-0.3, -0.25) is 0 Å². The van der Waals surface area contributed by atoms with Crippen molar-refractivity contribution in [2.75, 3.05) is 11.9 Å². The number of ether oxygens (including phenoxy) is 1. The second-order valence-corrected chi connectivity index (χ2v) is 6.85. The second kappa shape index (κ2) is 5.84. The highest BCUT2D eigenvalue weighted by molar-refractivity contribution is 9.10. The number of benzene rings is 1. The van der Waals surface area contributed by atoms with Crippen LogP contribution in [0.4, 0.5) is 5.69 Å². The van der Waals surface area contributed by atoms with E-state index in [1.54, 1.807) is 0 Å². The SMILES string of the molecule is Brc1ccc(NC2CCOC3(CCCCC3)C2)cc1. The second-order valence-electron chi connectivity index (χ2n) is 5.93. The molecule has 0 amide bonds. The summed E-state index contributed by atoms with van der Waals surface area (Å²) in [6.45, 7) is 0.911. The summed E-state index contributed by atoms with van der Waals surface area (Å²) in [5.74, 6) is 0. The molecule has 2 aliphatic rings. The minimum Gasteiger partial charge on any atom is -0.382 e. The van der Waals surface area contributed by atoms with Crippen molar-refractivity contribution >= 4 is 21.6 Å². The molecule has 19 heavy (non-hydrogen) atoms. The predicted octanol–water partition coefficient (Wildman–Crippen LogP) is 4.74. The Bertz CT molecular complexity index is 406. The van der Waals surface area contributed by atoms with Gasteiger partial charge in [-0.05, 0) is 49.9 Å². The Balaban J connectivity index is 1.63. The first kappa shape index (κ1) is 13.4. The van der Waals surface area contributed by atoms with E-state index in [1.807, 2.05) is 0 Å². The maximum absolute atomic E-state index is 6.15. The topological polar surface area (TPSA) is 21.3 Å². The van der Waals surface area contributed by atoms with E-state index in [0.717, 1.165) is 17.5 Å². The minimum absolute atomic E-state index is 0.184. The number of rotatable bonds is 2. The van der Waals surface area contributed by atoms with Crippen molar-refractivity contribution in [3.63, 3.8) is 0 Å². The van der Waals surface area contributed by atoms with Crippen LogP contribution in [-0.2, 0) is 4.74 Å². The molecule has 1 aliphatic carbocycles. The Hall–Kier alpha value is -0.540. The molecule has 0 bridgehead atoms. The quantitative estimate of drug-likeness (QED) is 0.848. The molecule has 1 aromatic carbocycles. The number of nitrogens with one attached hydrogen (secondary N) is 1. The van der Waals surface area contributed by atoms with E-state index >= 15 is 0 Å². The lowest BCUT2D eigenvalue weighted by molar-refractivity contribution is -0.103. The summed E-state index contributed by atoms with van der Waals surface area (Å²) in [6, 6.07) is 9.05. The van der Waals surface area contributed by atoms with E-state index in [1.165, 1.54) is 44.2 Å². The van der Waals surface area contributed by atoms with Gasteiger partial charge in [-0.2, -0.15) is 0 Å². The largest absolute Gasteiger partial charge is 0.382 e. The highest BCUT2D eigenvalue weighted by Gasteiger charge is 2.38. The van der Waals surface area contributed by atoms with Gasteiger partial charge in [0.05, 0.1) is 5.60 Å². The van der Waals surface area contributed by atoms with Crippen molar-refractivity contribution in [3.8, 4) is 0 Å². The molecule has 1 saturated heterocycles. The zero-order chi connectivity index (χ0) is 13.1. The molecule has 2 fully saturated rings. The molecule has 1 unspecified atom stereocenters. The van der Waals surface area contributed by atoms with Crippen molar-refractivity contribution in [1.82, 2.24) is 0 Å². The molecular formula is C16H22BrNO. The normalized spacial score (nSPS) is 26.3. The van der Waals surface area contributed by atoms with Crippen LogP contribution >= 0.6 is 15.9 Å². The fourth-order valence-corrected chi connectivity index (χ4v) is 3.74. The van der Waals surface area contributed by atoms with Gasteiger partial charge in [0.25, 0.3) is 0 Å². The predicted molar refractivity (Wildman–Crippen MR) is 82.6 cm³/mol. The molecule has 104 valence electrons. The Kier molecular flexibility index (Phi) is 4.13. The van der Waals surface area contributed by atoms with E-state index in [0.29, 0.717) is 6.04 Å². The smallest absolute Gasteiger partial charge is 0.0702 e. The van der Waals surface area contributed by atoms with Gasteiger partial charge in [0.2, 0.25) is 0 Å². The van der Waals surface area contributed by atoms with Crippen LogP contribution in [0.5, 0.6) is 0 Å². The monoisotopic (exact) mass is 323 g/mol. The van der Waals surface area contributed by atoms with Crippen LogP contribution < -0.4 is 5.32 Å². The van der Waals surface area contributed by atoms with Gasteiger partial charge in [0.1, 0.15) is 0 Å². The lowest BCUT2D eigenvalue weighted by Gasteiger charge is -2.44. The van der Waals surface area contributed by atoms with Gasteiger partial charge < -0.3 is 10.1 Å². The molecule has 0 aromatic heterocycles. The number of hydrogen-bond donors (Lipinski definition) is 1. The van der Waals surface area contributed by atoms with Crippen molar-refractivity contribution in [3.05, 3.63) is 28.7 Å². The van der Waals surface area contributed by atoms with Gasteiger partial charge in [-0.1, -0.05) is 35.2 Å². The van der Waals surface area contributed by atoms with Crippen LogP contribution in [0.3, 0.4) is 0 Å². The van der Waals surface area contributed by atoms with Crippen LogP contribution in [0.25, 0.3) is 0 Å². The first-order chi connectivity index (χ1) is 9.26. The number of hydrogen-bond acceptors (Lipinski definition) is 2. The summed E-state index contributed by atoms with van der Waals surface area (Å²) in [7, 11) is 0. The Morgan fingerprint density at radius 3 is 2.58 bits per heavy atom. The Labute approximate surface area is 124 Å². The molecule has 1 aliphatic heterocycles. The van der Waals surface area contributed by atoms with Gasteiger partial charge in [0, 0.05) is 22.8 Å². The van der Waals surface area contributed by atoms with E-state index in [-0.39, 0.29) is 5.60 Å². The van der Waals surface area contributed by atoms with Crippen LogP contribution in [-0.4, -0.2) is 18.2 Å². The summed E-state index contributed by atoms with van der Waals surface area (Å²) >= 11 is 3.48. The Morgan fingerprint density at radius 2 is 1.84 bits per heavy atom. The third-order valence-electron chi connectivity index (χ3n) is 4.47. The van der Waals surface area contributed by atoms with Crippen molar-refractivity contribution in [1.29, 1.82) is 0 Å². The summed E-state index contributed by atoms with van der Waals surface area (Å²) < 4.78 is 7.28. The molecule has 2 nitrogen and oxygen atoms in total. The molecule has 3 rings (SSSR count). The highest BCUT2D eigenvalue weighted by atomic mass is 79.9. The zero-order valence-electron chi connectivity index (χ0n) is 11.3. The van der Waals surface area contributed by atoms with Gasteiger partial charge in [0.15, 0.2) is 0 Å². The maximum atomic E-state index is 6.15. The van der Waals surface area contributed by atoms with E-state index < -0.39 is 0 Å². The molecule has 1 saturated carbocycles. The number of halogens is 1. The molecule has 1 N–H and O–H groups in total. The molecular weight excluding hydrogens is 302 g/mol. The van der Waals surface area contributed by atoms with E-state index in [2.05, 4.69) is 45.5 Å². The highest BCUT2D eigenvalue weighted by Crippen LogP contribution is 2.39. The zero-order valence-corrected chi connectivity index (χ0v) is 12.9. The fourth-order valence-electron chi connectivity index (χ4n) is 3.48. The molecule has 1 atom stereocenters. The fraction of sp³-hybridized carbons (Fsp3) is 0.625. The summed E-state index contributed by atoms with van der Waals surface area (Å²) in [4.78, 5) is 0. The van der Waals surface area contributed by atoms with Crippen molar-refractivity contribution in [2.24, 2.45) is 0 Å². The van der Waals surface area contributed by atoms with Crippen LogP contribution in [0.15, 0.2) is 28.7 Å². The van der Waals surface area contributed by atoms with Gasteiger partial charge in [-0.25, -0.2) is 0 Å². The van der Waals surface area contributed by atoms with Crippen molar-refractivity contribution in [2.45, 2.75) is 56.6 Å². The average Bonchev–Trinajstić information content (AvgIpc) is 2.42. The Morgan fingerprint density at radius 1 is 1.11 bits per heavy atom. The third kappa shape index (κ3) is 3.32. The molecule has 1 aromatic rings. The first-order valence-corrected chi connectivity index (χ1v) is 8.21. The van der Waals surface area contributed by atoms with Crippen LogP contribution in [0.2, 0.25) is 0 Å². The van der Waals surface area contributed by atoms with Crippen LogP contribution in [0.1, 0.15) is 44.9 Å². The molecule has 0 radical (unpaired) electrons. The van der Waals surface area contributed by atoms with E-state index in [9.17, 15) is 0 Å². The molecule has 1 heterocycles. The summed E-state index contributed by atoms with van der Waals surface area (Å²) in [5, 5.41) is 3.68. The lowest BCUT2D eigenvalue weighted by atomic mass is 9.78. The first-order valence-electron chi connectivity index (χ1n) is 7.42. The maximum Gasteiger partial charge on any atom is 0.0702 e. The molecule has 3 heteroatoms. The number of anilines is 1. The summed E-state index contributed by atoms with van der Waals surface area (Å²) in [5.41, 5.74) is 1.41.